The fourth-order valence-electron chi connectivity index (χ4n) is 2.34. The van der Waals surface area contributed by atoms with Crippen molar-refractivity contribution in [1.82, 2.24) is 15.1 Å². The first kappa shape index (κ1) is 10.9. The van der Waals surface area contributed by atoms with Gasteiger partial charge in [0, 0.05) is 19.1 Å². The second kappa shape index (κ2) is 4.49. The van der Waals surface area contributed by atoms with Crippen LogP contribution in [0.15, 0.2) is 0 Å². The molecular formula is C11H21N3O. The van der Waals surface area contributed by atoms with Crippen LogP contribution in [0.2, 0.25) is 0 Å². The molecule has 2 saturated heterocycles. The van der Waals surface area contributed by atoms with E-state index in [1.165, 1.54) is 0 Å². The predicted octanol–water partition coefficient (Wildman–Crippen LogP) is -0.242. The maximum absolute atomic E-state index is 11.8. The largest absolute Gasteiger partial charge is 0.353 e. The van der Waals surface area contributed by atoms with E-state index in [1.807, 2.05) is 0 Å². The van der Waals surface area contributed by atoms with E-state index >= 15 is 0 Å². The highest BCUT2D eigenvalue weighted by molar-refractivity contribution is 5.80. The lowest BCUT2D eigenvalue weighted by Gasteiger charge is -2.37. The van der Waals surface area contributed by atoms with Gasteiger partial charge < -0.3 is 15.1 Å². The molecule has 0 spiro atoms. The molecule has 4 nitrogen and oxygen atoms in total. The standard InChI is InChI=1S/C11H21N3O/c1-13-5-3-10(4-6-13)12-11(15)9-7-14(2)8-9/h9-10H,3-8H2,1-2H3,(H,12,15). The van der Waals surface area contributed by atoms with Gasteiger partial charge in [-0.2, -0.15) is 0 Å². The Morgan fingerprint density at radius 1 is 1.13 bits per heavy atom. The van der Waals surface area contributed by atoms with Gasteiger partial charge >= 0.3 is 0 Å². The first-order chi connectivity index (χ1) is 7.15. The van der Waals surface area contributed by atoms with Gasteiger partial charge in [-0.3, -0.25) is 4.79 Å². The van der Waals surface area contributed by atoms with Gasteiger partial charge in [-0.25, -0.2) is 0 Å². The minimum absolute atomic E-state index is 0.245. The Morgan fingerprint density at radius 3 is 2.27 bits per heavy atom. The lowest BCUT2D eigenvalue weighted by molar-refractivity contribution is -0.130. The molecule has 1 N–H and O–H groups in total. The predicted molar refractivity (Wildman–Crippen MR) is 59.6 cm³/mol. The molecule has 0 saturated carbocycles. The fourth-order valence-corrected chi connectivity index (χ4v) is 2.34. The van der Waals surface area contributed by atoms with E-state index in [1.54, 1.807) is 0 Å². The molecule has 0 unspecified atom stereocenters. The van der Waals surface area contributed by atoms with E-state index in [4.69, 9.17) is 0 Å². The van der Waals surface area contributed by atoms with Gasteiger partial charge in [0.15, 0.2) is 0 Å². The second-order valence-corrected chi connectivity index (χ2v) is 5.00. The average molecular weight is 211 g/mol. The first-order valence-corrected chi connectivity index (χ1v) is 5.82. The van der Waals surface area contributed by atoms with Crippen LogP contribution >= 0.6 is 0 Å². The SMILES string of the molecule is CN1CCC(NC(=O)C2CN(C)C2)CC1. The zero-order chi connectivity index (χ0) is 10.8. The summed E-state index contributed by atoms with van der Waals surface area (Å²) in [6.07, 6.45) is 2.20. The lowest BCUT2D eigenvalue weighted by atomic mass is 9.98. The molecule has 15 heavy (non-hydrogen) atoms. The number of rotatable bonds is 2. The minimum atomic E-state index is 0.245. The Labute approximate surface area is 91.6 Å². The van der Waals surface area contributed by atoms with Gasteiger partial charge in [0.25, 0.3) is 0 Å². The molecule has 2 aliphatic rings. The number of nitrogens with zero attached hydrogens (tertiary/aromatic N) is 2. The summed E-state index contributed by atoms with van der Waals surface area (Å²) in [5.41, 5.74) is 0. The van der Waals surface area contributed by atoms with Crippen molar-refractivity contribution in [2.24, 2.45) is 5.92 Å². The van der Waals surface area contributed by atoms with Crippen LogP contribution < -0.4 is 5.32 Å². The number of piperidine rings is 1. The highest BCUT2D eigenvalue weighted by atomic mass is 16.2. The topological polar surface area (TPSA) is 35.6 Å². The molecular weight excluding hydrogens is 190 g/mol. The summed E-state index contributed by atoms with van der Waals surface area (Å²) >= 11 is 0. The Hall–Kier alpha value is -0.610. The maximum Gasteiger partial charge on any atom is 0.225 e. The van der Waals surface area contributed by atoms with E-state index in [2.05, 4.69) is 29.2 Å². The number of hydrogen-bond donors (Lipinski definition) is 1. The molecule has 1 amide bonds. The van der Waals surface area contributed by atoms with Crippen molar-refractivity contribution in [2.75, 3.05) is 40.3 Å². The van der Waals surface area contributed by atoms with E-state index in [0.29, 0.717) is 6.04 Å². The van der Waals surface area contributed by atoms with Crippen LogP contribution in [-0.4, -0.2) is 62.0 Å². The number of amides is 1. The van der Waals surface area contributed by atoms with Crippen molar-refractivity contribution in [3.05, 3.63) is 0 Å². The molecule has 4 heteroatoms. The van der Waals surface area contributed by atoms with Gasteiger partial charge in [-0.15, -0.1) is 0 Å². The van der Waals surface area contributed by atoms with Gasteiger partial charge in [0.1, 0.15) is 0 Å². The third kappa shape index (κ3) is 2.69. The Kier molecular flexibility index (Phi) is 3.26. The van der Waals surface area contributed by atoms with Crippen LogP contribution in [0.5, 0.6) is 0 Å². The lowest BCUT2D eigenvalue weighted by Crippen LogP contribution is -2.54. The number of likely N-dealkylation sites (tertiary alicyclic amines) is 2. The molecule has 0 bridgehead atoms. The molecule has 0 radical (unpaired) electrons. The molecule has 2 fully saturated rings. The van der Waals surface area contributed by atoms with E-state index < -0.39 is 0 Å². The van der Waals surface area contributed by atoms with Gasteiger partial charge in [-0.1, -0.05) is 0 Å². The molecule has 2 rings (SSSR count). The molecule has 86 valence electrons. The van der Waals surface area contributed by atoms with Crippen LogP contribution in [0.3, 0.4) is 0 Å². The van der Waals surface area contributed by atoms with E-state index in [0.717, 1.165) is 39.0 Å². The van der Waals surface area contributed by atoms with Crippen molar-refractivity contribution in [3.8, 4) is 0 Å². The summed E-state index contributed by atoms with van der Waals surface area (Å²) in [4.78, 5) is 16.3. The fraction of sp³-hybridized carbons (Fsp3) is 0.909. The quantitative estimate of drug-likeness (QED) is 0.684. The third-order valence-corrected chi connectivity index (χ3v) is 3.50. The van der Waals surface area contributed by atoms with Gasteiger partial charge in [0.05, 0.1) is 5.92 Å². The smallest absolute Gasteiger partial charge is 0.225 e. The molecule has 0 aromatic carbocycles. The van der Waals surface area contributed by atoms with Crippen molar-refractivity contribution >= 4 is 5.91 Å². The van der Waals surface area contributed by atoms with Crippen LogP contribution in [-0.2, 0) is 4.79 Å². The van der Waals surface area contributed by atoms with Gasteiger partial charge in [-0.05, 0) is 40.0 Å². The summed E-state index contributed by atoms with van der Waals surface area (Å²) in [7, 11) is 4.19. The van der Waals surface area contributed by atoms with Crippen LogP contribution in [0.25, 0.3) is 0 Å². The molecule has 0 aliphatic carbocycles. The van der Waals surface area contributed by atoms with E-state index in [9.17, 15) is 4.79 Å². The summed E-state index contributed by atoms with van der Waals surface area (Å²) < 4.78 is 0. The number of carbonyl (C=O) groups is 1. The Bertz CT molecular complexity index is 230. The van der Waals surface area contributed by atoms with Crippen LogP contribution in [0, 0.1) is 5.92 Å². The third-order valence-electron chi connectivity index (χ3n) is 3.50. The van der Waals surface area contributed by atoms with Crippen molar-refractivity contribution in [1.29, 1.82) is 0 Å². The highest BCUT2D eigenvalue weighted by Crippen LogP contribution is 2.14. The summed E-state index contributed by atoms with van der Waals surface area (Å²) in [6, 6.07) is 0.416. The average Bonchev–Trinajstić information content (AvgIpc) is 2.17. The monoisotopic (exact) mass is 211 g/mol. The molecule has 2 heterocycles. The molecule has 0 atom stereocenters. The van der Waals surface area contributed by atoms with Crippen LogP contribution in [0.4, 0.5) is 0 Å². The Balaban J connectivity index is 1.70. The normalized spacial score (nSPS) is 26.3. The van der Waals surface area contributed by atoms with Crippen LogP contribution in [0.1, 0.15) is 12.8 Å². The number of carbonyl (C=O) groups excluding carboxylic acids is 1. The first-order valence-electron chi connectivity index (χ1n) is 5.82. The summed E-state index contributed by atoms with van der Waals surface area (Å²) in [5, 5.41) is 3.17. The Morgan fingerprint density at radius 2 is 1.73 bits per heavy atom. The number of hydrogen-bond acceptors (Lipinski definition) is 3. The maximum atomic E-state index is 11.8. The second-order valence-electron chi connectivity index (χ2n) is 5.00. The zero-order valence-electron chi connectivity index (χ0n) is 9.70. The highest BCUT2D eigenvalue weighted by Gasteiger charge is 2.31. The van der Waals surface area contributed by atoms with Crippen molar-refractivity contribution < 1.29 is 4.79 Å². The zero-order valence-corrected chi connectivity index (χ0v) is 9.70. The van der Waals surface area contributed by atoms with Gasteiger partial charge in [0.2, 0.25) is 5.91 Å². The summed E-state index contributed by atoms with van der Waals surface area (Å²) in [5.74, 6) is 0.511. The van der Waals surface area contributed by atoms with E-state index in [-0.39, 0.29) is 11.8 Å². The summed E-state index contributed by atoms with van der Waals surface area (Å²) in [6.45, 7) is 4.07. The van der Waals surface area contributed by atoms with Crippen molar-refractivity contribution in [2.45, 2.75) is 18.9 Å². The minimum Gasteiger partial charge on any atom is -0.353 e. The molecule has 2 aliphatic heterocycles. The van der Waals surface area contributed by atoms with Crippen molar-refractivity contribution in [3.63, 3.8) is 0 Å². The number of nitrogens with one attached hydrogen (secondary N) is 1. The molecule has 0 aromatic heterocycles. The molecule has 0 aromatic rings.